The van der Waals surface area contributed by atoms with Gasteiger partial charge in [-0.05, 0) is 50.7 Å². The molecule has 0 saturated carbocycles. The highest BCUT2D eigenvalue weighted by Crippen LogP contribution is 2.14. The Bertz CT molecular complexity index is 407. The number of urea groups is 1. The van der Waals surface area contributed by atoms with E-state index in [4.69, 9.17) is 0 Å². The van der Waals surface area contributed by atoms with Crippen LogP contribution in [0.3, 0.4) is 0 Å². The second kappa shape index (κ2) is 6.20. The molecule has 0 aromatic heterocycles. The molecule has 98 valence electrons. The van der Waals surface area contributed by atoms with Crippen molar-refractivity contribution < 1.29 is 4.79 Å². The number of likely N-dealkylation sites (tertiary alicyclic amines) is 1. The zero-order valence-electron chi connectivity index (χ0n) is 10.4. The van der Waals surface area contributed by atoms with Crippen LogP contribution in [-0.2, 0) is 0 Å². The monoisotopic (exact) mass is 311 g/mol. The Morgan fingerprint density at radius 3 is 2.78 bits per heavy atom. The first-order chi connectivity index (χ1) is 8.63. The molecule has 0 aliphatic carbocycles. The molecule has 0 bridgehead atoms. The Balaban J connectivity index is 1.83. The third-order valence-electron chi connectivity index (χ3n) is 3.06. The molecular weight excluding hydrogens is 294 g/mol. The van der Waals surface area contributed by atoms with Crippen LogP contribution in [0.5, 0.6) is 0 Å². The summed E-state index contributed by atoms with van der Waals surface area (Å²) in [5, 5.41) is 5.85. The first-order valence-corrected chi connectivity index (χ1v) is 6.94. The molecule has 0 radical (unpaired) electrons. The SMILES string of the molecule is CN1CCCC(NC(=O)Nc2ccc(Br)cc2)C1. The van der Waals surface area contributed by atoms with E-state index < -0.39 is 0 Å². The lowest BCUT2D eigenvalue weighted by molar-refractivity contribution is 0.216. The Labute approximate surface area is 116 Å². The molecule has 18 heavy (non-hydrogen) atoms. The number of likely N-dealkylation sites (N-methyl/N-ethyl adjacent to an activating group) is 1. The van der Waals surface area contributed by atoms with Crippen molar-refractivity contribution >= 4 is 27.6 Å². The average Bonchev–Trinajstić information content (AvgIpc) is 2.32. The summed E-state index contributed by atoms with van der Waals surface area (Å²) in [6.07, 6.45) is 2.19. The number of halogens is 1. The Morgan fingerprint density at radius 1 is 1.39 bits per heavy atom. The van der Waals surface area contributed by atoms with Crippen LogP contribution in [0.2, 0.25) is 0 Å². The van der Waals surface area contributed by atoms with Gasteiger partial charge < -0.3 is 15.5 Å². The van der Waals surface area contributed by atoms with Crippen LogP contribution >= 0.6 is 15.9 Å². The van der Waals surface area contributed by atoms with Gasteiger partial charge in [-0.1, -0.05) is 15.9 Å². The predicted octanol–water partition coefficient (Wildman–Crippen LogP) is 2.66. The Hall–Kier alpha value is -1.07. The third kappa shape index (κ3) is 3.99. The van der Waals surface area contributed by atoms with E-state index in [2.05, 4.69) is 38.5 Å². The van der Waals surface area contributed by atoms with Gasteiger partial charge in [-0.2, -0.15) is 0 Å². The third-order valence-corrected chi connectivity index (χ3v) is 3.59. The highest BCUT2D eigenvalue weighted by Gasteiger charge is 2.18. The summed E-state index contributed by atoms with van der Waals surface area (Å²) in [6, 6.07) is 7.68. The molecular formula is C13H18BrN3O. The first kappa shape index (κ1) is 13.4. The summed E-state index contributed by atoms with van der Waals surface area (Å²) in [7, 11) is 2.08. The zero-order valence-corrected chi connectivity index (χ0v) is 12.0. The normalized spacial score (nSPS) is 20.4. The highest BCUT2D eigenvalue weighted by atomic mass is 79.9. The van der Waals surface area contributed by atoms with Crippen LogP contribution in [-0.4, -0.2) is 37.1 Å². The number of hydrogen-bond acceptors (Lipinski definition) is 2. The van der Waals surface area contributed by atoms with Crippen molar-refractivity contribution in [3.05, 3.63) is 28.7 Å². The quantitative estimate of drug-likeness (QED) is 0.882. The van der Waals surface area contributed by atoms with Gasteiger partial charge in [0.2, 0.25) is 0 Å². The largest absolute Gasteiger partial charge is 0.334 e. The first-order valence-electron chi connectivity index (χ1n) is 6.15. The Kier molecular flexibility index (Phi) is 4.60. The lowest BCUT2D eigenvalue weighted by atomic mass is 10.1. The molecule has 1 fully saturated rings. The molecule has 2 N–H and O–H groups in total. The molecule has 1 aromatic rings. The minimum atomic E-state index is -0.127. The predicted molar refractivity (Wildman–Crippen MR) is 76.8 cm³/mol. The molecule has 1 unspecified atom stereocenters. The molecule has 4 nitrogen and oxygen atoms in total. The number of benzene rings is 1. The second-order valence-corrected chi connectivity index (χ2v) is 5.62. The van der Waals surface area contributed by atoms with Gasteiger partial charge in [0.1, 0.15) is 0 Å². The molecule has 1 atom stereocenters. The molecule has 1 saturated heterocycles. The molecule has 2 rings (SSSR count). The van der Waals surface area contributed by atoms with Gasteiger partial charge in [0.25, 0.3) is 0 Å². The maximum absolute atomic E-state index is 11.8. The molecule has 1 aliphatic heterocycles. The van der Waals surface area contributed by atoms with E-state index in [0.717, 1.165) is 36.1 Å². The average molecular weight is 312 g/mol. The van der Waals surface area contributed by atoms with E-state index >= 15 is 0 Å². The fourth-order valence-electron chi connectivity index (χ4n) is 2.17. The lowest BCUT2D eigenvalue weighted by Crippen LogP contribution is -2.47. The van der Waals surface area contributed by atoms with E-state index in [1.54, 1.807) is 0 Å². The Morgan fingerprint density at radius 2 is 2.11 bits per heavy atom. The summed E-state index contributed by atoms with van der Waals surface area (Å²) in [6.45, 7) is 2.04. The van der Waals surface area contributed by atoms with Crippen LogP contribution in [0, 0.1) is 0 Å². The van der Waals surface area contributed by atoms with Gasteiger partial charge in [0, 0.05) is 22.7 Å². The van der Waals surface area contributed by atoms with Crippen LogP contribution in [0.4, 0.5) is 10.5 Å². The number of carbonyl (C=O) groups excluding carboxylic acids is 1. The van der Waals surface area contributed by atoms with Gasteiger partial charge in [-0.25, -0.2) is 4.79 Å². The molecule has 0 spiro atoms. The number of hydrogen-bond donors (Lipinski definition) is 2. The van der Waals surface area contributed by atoms with Gasteiger partial charge >= 0.3 is 6.03 Å². The van der Waals surface area contributed by atoms with Crippen LogP contribution in [0.25, 0.3) is 0 Å². The maximum Gasteiger partial charge on any atom is 0.319 e. The van der Waals surface area contributed by atoms with Gasteiger partial charge in [-0.15, -0.1) is 0 Å². The van der Waals surface area contributed by atoms with Crippen LogP contribution in [0.1, 0.15) is 12.8 Å². The van der Waals surface area contributed by atoms with E-state index in [-0.39, 0.29) is 12.1 Å². The van der Waals surface area contributed by atoms with Crippen LogP contribution < -0.4 is 10.6 Å². The standard InChI is InChI=1S/C13H18BrN3O/c1-17-8-2-3-12(9-17)16-13(18)15-11-6-4-10(14)5-7-11/h4-7,12H,2-3,8-9H2,1H3,(H2,15,16,18). The fourth-order valence-corrected chi connectivity index (χ4v) is 2.43. The molecule has 1 aromatic carbocycles. The summed E-state index contributed by atoms with van der Waals surface area (Å²) in [5.41, 5.74) is 0.805. The lowest BCUT2D eigenvalue weighted by Gasteiger charge is -2.30. The number of rotatable bonds is 2. The number of amides is 2. The summed E-state index contributed by atoms with van der Waals surface area (Å²) in [5.74, 6) is 0. The van der Waals surface area contributed by atoms with Crippen molar-refractivity contribution in [1.29, 1.82) is 0 Å². The van der Waals surface area contributed by atoms with Crippen molar-refractivity contribution in [2.45, 2.75) is 18.9 Å². The highest BCUT2D eigenvalue weighted by molar-refractivity contribution is 9.10. The number of anilines is 1. The van der Waals surface area contributed by atoms with Crippen molar-refractivity contribution in [3.63, 3.8) is 0 Å². The molecule has 5 heteroatoms. The van der Waals surface area contributed by atoms with Gasteiger partial charge in [0.05, 0.1) is 0 Å². The van der Waals surface area contributed by atoms with Crippen molar-refractivity contribution in [2.24, 2.45) is 0 Å². The van der Waals surface area contributed by atoms with E-state index in [1.165, 1.54) is 0 Å². The minimum absolute atomic E-state index is 0.127. The molecule has 1 aliphatic rings. The van der Waals surface area contributed by atoms with Crippen LogP contribution in [0.15, 0.2) is 28.7 Å². The van der Waals surface area contributed by atoms with Gasteiger partial charge in [0.15, 0.2) is 0 Å². The summed E-state index contributed by atoms with van der Waals surface area (Å²) in [4.78, 5) is 14.1. The van der Waals surface area contributed by atoms with E-state index in [9.17, 15) is 4.79 Å². The number of carbonyl (C=O) groups is 1. The van der Waals surface area contributed by atoms with E-state index in [0.29, 0.717) is 0 Å². The summed E-state index contributed by atoms with van der Waals surface area (Å²) < 4.78 is 1.00. The van der Waals surface area contributed by atoms with Crippen molar-refractivity contribution in [2.75, 3.05) is 25.5 Å². The molecule has 1 heterocycles. The minimum Gasteiger partial charge on any atom is -0.334 e. The number of nitrogens with zero attached hydrogens (tertiary/aromatic N) is 1. The van der Waals surface area contributed by atoms with Crippen molar-refractivity contribution in [3.8, 4) is 0 Å². The van der Waals surface area contributed by atoms with E-state index in [1.807, 2.05) is 24.3 Å². The number of nitrogens with one attached hydrogen (secondary N) is 2. The zero-order chi connectivity index (χ0) is 13.0. The second-order valence-electron chi connectivity index (χ2n) is 4.71. The smallest absolute Gasteiger partial charge is 0.319 e. The maximum atomic E-state index is 11.8. The number of piperidine rings is 1. The topological polar surface area (TPSA) is 44.4 Å². The van der Waals surface area contributed by atoms with Gasteiger partial charge in [-0.3, -0.25) is 0 Å². The molecule has 2 amide bonds. The fraction of sp³-hybridized carbons (Fsp3) is 0.462. The van der Waals surface area contributed by atoms with Crippen molar-refractivity contribution in [1.82, 2.24) is 10.2 Å². The summed E-state index contributed by atoms with van der Waals surface area (Å²) >= 11 is 3.36.